The van der Waals surface area contributed by atoms with Gasteiger partial charge in [-0.25, -0.2) is 0 Å². The molecule has 0 saturated carbocycles. The smallest absolute Gasteiger partial charge is 0.394 e. The van der Waals surface area contributed by atoms with E-state index >= 15 is 0 Å². The van der Waals surface area contributed by atoms with Crippen LogP contribution in [0.5, 0.6) is 6.08 Å². The summed E-state index contributed by atoms with van der Waals surface area (Å²) < 4.78 is 10.4. The summed E-state index contributed by atoms with van der Waals surface area (Å²) in [6.45, 7) is 2.42. The van der Waals surface area contributed by atoms with Gasteiger partial charge in [0, 0.05) is 11.8 Å². The van der Waals surface area contributed by atoms with Gasteiger partial charge >= 0.3 is 6.08 Å². The highest BCUT2D eigenvalue weighted by Gasteiger charge is 2.05. The number of fused-ring (bicyclic) bond motifs is 1. The largest absolute Gasteiger partial charge is 0.450 e. The lowest BCUT2D eigenvalue weighted by molar-refractivity contribution is 0.251. The Labute approximate surface area is 75.3 Å². The van der Waals surface area contributed by atoms with Gasteiger partial charge in [0.2, 0.25) is 0 Å². The lowest BCUT2D eigenvalue weighted by Crippen LogP contribution is -1.89. The number of oxazole rings is 1. The van der Waals surface area contributed by atoms with Crippen molar-refractivity contribution in [2.75, 3.05) is 12.3 Å². The van der Waals surface area contributed by atoms with Crippen molar-refractivity contribution in [1.29, 1.82) is 0 Å². The molecule has 2 rings (SSSR count). The molecule has 0 bridgehead atoms. The minimum Gasteiger partial charge on any atom is -0.450 e. The van der Waals surface area contributed by atoms with Crippen LogP contribution in [-0.2, 0) is 0 Å². The first-order valence-electron chi connectivity index (χ1n) is 4.08. The maximum atomic E-state index is 5.58. The third-order valence-corrected chi connectivity index (χ3v) is 1.66. The topological polar surface area (TPSA) is 61.3 Å². The van der Waals surface area contributed by atoms with E-state index in [2.05, 4.69) is 4.98 Å². The molecule has 0 atom stereocenters. The Bertz CT molecular complexity index is 422. The van der Waals surface area contributed by atoms with E-state index in [1.165, 1.54) is 0 Å². The van der Waals surface area contributed by atoms with Crippen molar-refractivity contribution < 1.29 is 9.15 Å². The summed E-state index contributed by atoms with van der Waals surface area (Å²) in [5.74, 6) is 0. The monoisotopic (exact) mass is 178 g/mol. The molecule has 0 aliphatic carbocycles. The average molecular weight is 178 g/mol. The molecular weight excluding hydrogens is 168 g/mol. The van der Waals surface area contributed by atoms with Gasteiger partial charge in [0.15, 0.2) is 5.58 Å². The Hall–Kier alpha value is -1.71. The molecular formula is C9H10N2O2. The summed E-state index contributed by atoms with van der Waals surface area (Å²) in [5.41, 5.74) is 7.66. The summed E-state index contributed by atoms with van der Waals surface area (Å²) in [4.78, 5) is 4.10. The van der Waals surface area contributed by atoms with Crippen LogP contribution >= 0.6 is 0 Å². The van der Waals surface area contributed by atoms with Gasteiger partial charge < -0.3 is 14.9 Å². The number of aromatic nitrogens is 1. The number of rotatable bonds is 2. The number of nitrogen functional groups attached to an aromatic ring is 1. The quantitative estimate of drug-likeness (QED) is 0.712. The molecule has 2 aromatic rings. The lowest BCUT2D eigenvalue weighted by Gasteiger charge is -1.91. The summed E-state index contributed by atoms with van der Waals surface area (Å²) in [6, 6.07) is 5.31. The first kappa shape index (κ1) is 7.91. The van der Waals surface area contributed by atoms with Crippen LogP contribution in [-0.4, -0.2) is 11.6 Å². The molecule has 68 valence electrons. The highest BCUT2D eigenvalue weighted by Crippen LogP contribution is 2.22. The van der Waals surface area contributed by atoms with Crippen LogP contribution in [0.3, 0.4) is 0 Å². The molecule has 1 aromatic heterocycles. The van der Waals surface area contributed by atoms with Gasteiger partial charge in [-0.2, -0.15) is 4.98 Å². The molecule has 0 aliphatic heterocycles. The number of ether oxygens (including phenoxy) is 1. The van der Waals surface area contributed by atoms with Crippen LogP contribution in [0.2, 0.25) is 0 Å². The molecule has 0 radical (unpaired) electrons. The maximum absolute atomic E-state index is 5.58. The fourth-order valence-corrected chi connectivity index (χ4v) is 1.11. The maximum Gasteiger partial charge on any atom is 0.394 e. The number of anilines is 1. The molecule has 4 nitrogen and oxygen atoms in total. The molecule has 1 heterocycles. The summed E-state index contributed by atoms with van der Waals surface area (Å²) >= 11 is 0. The van der Waals surface area contributed by atoms with Gasteiger partial charge in [0.1, 0.15) is 5.52 Å². The summed E-state index contributed by atoms with van der Waals surface area (Å²) in [5, 5.41) is 0. The number of benzene rings is 1. The molecule has 0 unspecified atom stereocenters. The Morgan fingerprint density at radius 1 is 1.54 bits per heavy atom. The van der Waals surface area contributed by atoms with E-state index in [4.69, 9.17) is 14.9 Å². The Balaban J connectivity index is 2.49. The van der Waals surface area contributed by atoms with Crippen molar-refractivity contribution in [1.82, 2.24) is 4.98 Å². The molecule has 1 aromatic carbocycles. The Morgan fingerprint density at radius 3 is 3.15 bits per heavy atom. The molecule has 2 N–H and O–H groups in total. The van der Waals surface area contributed by atoms with Gasteiger partial charge in [-0.1, -0.05) is 0 Å². The van der Waals surface area contributed by atoms with Crippen molar-refractivity contribution >= 4 is 16.8 Å². The van der Waals surface area contributed by atoms with Crippen LogP contribution < -0.4 is 10.5 Å². The number of nitrogens with zero attached hydrogens (tertiary/aromatic N) is 1. The normalized spacial score (nSPS) is 10.5. The number of nitrogens with two attached hydrogens (primary N) is 1. The average Bonchev–Trinajstić information content (AvgIpc) is 2.46. The van der Waals surface area contributed by atoms with E-state index in [1.807, 2.05) is 6.92 Å². The Morgan fingerprint density at radius 2 is 2.38 bits per heavy atom. The highest BCUT2D eigenvalue weighted by molar-refractivity contribution is 5.76. The predicted molar refractivity (Wildman–Crippen MR) is 49.6 cm³/mol. The fraction of sp³-hybridized carbons (Fsp3) is 0.222. The second-order valence-corrected chi connectivity index (χ2v) is 2.64. The third-order valence-electron chi connectivity index (χ3n) is 1.66. The summed E-state index contributed by atoms with van der Waals surface area (Å²) in [6.07, 6.45) is 0.295. The third kappa shape index (κ3) is 1.42. The first-order chi connectivity index (χ1) is 6.29. The first-order valence-corrected chi connectivity index (χ1v) is 4.08. The minimum atomic E-state index is 0.295. The molecule has 0 spiro atoms. The van der Waals surface area contributed by atoms with E-state index in [0.717, 1.165) is 5.52 Å². The number of hydrogen-bond acceptors (Lipinski definition) is 4. The second kappa shape index (κ2) is 2.97. The molecule has 0 amide bonds. The van der Waals surface area contributed by atoms with E-state index < -0.39 is 0 Å². The van der Waals surface area contributed by atoms with Crippen molar-refractivity contribution in [2.45, 2.75) is 6.92 Å². The minimum absolute atomic E-state index is 0.295. The van der Waals surface area contributed by atoms with Gasteiger partial charge in [0.05, 0.1) is 6.61 Å². The molecule has 0 saturated heterocycles. The van der Waals surface area contributed by atoms with Crippen molar-refractivity contribution in [3.05, 3.63) is 18.2 Å². The van der Waals surface area contributed by atoms with Crippen molar-refractivity contribution in [3.8, 4) is 6.08 Å². The summed E-state index contributed by atoms with van der Waals surface area (Å²) in [7, 11) is 0. The van der Waals surface area contributed by atoms with Gasteiger partial charge in [-0.15, -0.1) is 0 Å². The highest BCUT2D eigenvalue weighted by atomic mass is 16.6. The van der Waals surface area contributed by atoms with Crippen LogP contribution in [0.15, 0.2) is 22.6 Å². The standard InChI is InChI=1S/C9H10N2O2/c1-2-12-9-11-7-4-3-6(10)5-8(7)13-9/h3-5H,2,10H2,1H3. The Kier molecular flexibility index (Phi) is 1.81. The van der Waals surface area contributed by atoms with Gasteiger partial charge in [-0.3, -0.25) is 0 Å². The van der Waals surface area contributed by atoms with Crippen LogP contribution in [0.4, 0.5) is 5.69 Å². The molecule has 0 fully saturated rings. The van der Waals surface area contributed by atoms with Crippen LogP contribution in [0, 0.1) is 0 Å². The zero-order chi connectivity index (χ0) is 9.26. The van der Waals surface area contributed by atoms with Crippen molar-refractivity contribution in [3.63, 3.8) is 0 Å². The van der Waals surface area contributed by atoms with Gasteiger partial charge in [0.25, 0.3) is 0 Å². The predicted octanol–water partition coefficient (Wildman–Crippen LogP) is 1.81. The van der Waals surface area contributed by atoms with E-state index in [1.54, 1.807) is 18.2 Å². The van der Waals surface area contributed by atoms with E-state index in [9.17, 15) is 0 Å². The molecule has 0 aliphatic rings. The SMILES string of the molecule is CCOc1nc2ccc(N)cc2o1. The second-order valence-electron chi connectivity index (χ2n) is 2.64. The fourth-order valence-electron chi connectivity index (χ4n) is 1.11. The van der Waals surface area contributed by atoms with E-state index in [0.29, 0.717) is 24.0 Å². The number of hydrogen-bond donors (Lipinski definition) is 1. The zero-order valence-electron chi connectivity index (χ0n) is 7.28. The van der Waals surface area contributed by atoms with Gasteiger partial charge in [-0.05, 0) is 19.1 Å². The lowest BCUT2D eigenvalue weighted by atomic mass is 10.3. The van der Waals surface area contributed by atoms with Crippen molar-refractivity contribution in [2.24, 2.45) is 0 Å². The van der Waals surface area contributed by atoms with Crippen LogP contribution in [0.25, 0.3) is 11.1 Å². The van der Waals surface area contributed by atoms with E-state index in [-0.39, 0.29) is 0 Å². The zero-order valence-corrected chi connectivity index (χ0v) is 7.28. The molecule has 4 heteroatoms. The van der Waals surface area contributed by atoms with Crippen LogP contribution in [0.1, 0.15) is 6.92 Å². The molecule has 13 heavy (non-hydrogen) atoms.